The first-order valence-corrected chi connectivity index (χ1v) is 6.08. The van der Waals surface area contributed by atoms with Crippen LogP contribution in [0.2, 0.25) is 0 Å². The van der Waals surface area contributed by atoms with E-state index in [9.17, 15) is 18.0 Å². The molecule has 0 atom stereocenters. The first kappa shape index (κ1) is 16.3. The lowest BCUT2D eigenvalue weighted by Gasteiger charge is -2.11. The van der Waals surface area contributed by atoms with Crippen LogP contribution in [-0.4, -0.2) is 38.4 Å². The molecule has 0 unspecified atom stereocenters. The third kappa shape index (κ3) is 5.92. The van der Waals surface area contributed by atoms with Crippen molar-refractivity contribution < 1.29 is 27.4 Å². The highest BCUT2D eigenvalue weighted by molar-refractivity contribution is 5.96. The highest BCUT2D eigenvalue weighted by Crippen LogP contribution is 2.17. The number of hydrogen-bond donors (Lipinski definition) is 1. The van der Waals surface area contributed by atoms with Gasteiger partial charge in [-0.2, -0.15) is 13.2 Å². The van der Waals surface area contributed by atoms with Crippen molar-refractivity contribution in [2.45, 2.75) is 13.1 Å². The normalized spacial score (nSPS) is 11.2. The van der Waals surface area contributed by atoms with Crippen LogP contribution >= 0.6 is 0 Å². The van der Waals surface area contributed by atoms with Gasteiger partial charge in [0.15, 0.2) is 0 Å². The number of hydrogen-bond acceptors (Lipinski definition) is 3. The second kappa shape index (κ2) is 7.74. The number of amides is 1. The summed E-state index contributed by atoms with van der Waals surface area (Å²) in [5, 5.41) is 2.47. The molecule has 0 saturated heterocycles. The molecule has 0 aliphatic carbocycles. The maximum Gasteiger partial charge on any atom is 0.411 e. The first-order valence-electron chi connectivity index (χ1n) is 6.08. The molecule has 0 aliphatic rings. The smallest absolute Gasteiger partial charge is 0.411 e. The van der Waals surface area contributed by atoms with Gasteiger partial charge in [-0.3, -0.25) is 4.79 Å². The van der Waals surface area contributed by atoms with Gasteiger partial charge in [0.25, 0.3) is 5.91 Å². The fourth-order valence-electron chi connectivity index (χ4n) is 1.46. The lowest BCUT2D eigenvalue weighted by molar-refractivity contribution is -0.173. The van der Waals surface area contributed by atoms with Crippen molar-refractivity contribution >= 4 is 5.91 Å². The monoisotopic (exact) mass is 291 g/mol. The van der Waals surface area contributed by atoms with E-state index in [2.05, 4.69) is 10.1 Å². The zero-order chi connectivity index (χ0) is 15.0. The maximum atomic E-state index is 11.8. The van der Waals surface area contributed by atoms with Crippen LogP contribution in [0.3, 0.4) is 0 Å². The van der Waals surface area contributed by atoms with E-state index in [1.165, 1.54) is 0 Å². The van der Waals surface area contributed by atoms with Gasteiger partial charge in [-0.05, 0) is 19.1 Å². The minimum absolute atomic E-state index is 0.00459. The topological polar surface area (TPSA) is 47.6 Å². The van der Waals surface area contributed by atoms with E-state index in [1.54, 1.807) is 31.2 Å². The summed E-state index contributed by atoms with van der Waals surface area (Å²) in [4.78, 5) is 11.8. The van der Waals surface area contributed by atoms with Crippen molar-refractivity contribution in [3.05, 3.63) is 29.8 Å². The Kier molecular flexibility index (Phi) is 6.30. The number of ether oxygens (including phenoxy) is 2. The molecule has 4 nitrogen and oxygen atoms in total. The quantitative estimate of drug-likeness (QED) is 0.785. The summed E-state index contributed by atoms with van der Waals surface area (Å²) < 4.78 is 45.1. The van der Waals surface area contributed by atoms with E-state index in [-0.39, 0.29) is 13.2 Å². The van der Waals surface area contributed by atoms with Crippen LogP contribution in [0.1, 0.15) is 17.3 Å². The SMILES string of the molecule is CCOc1ccccc1C(=O)NCCOCC(F)(F)F. The van der Waals surface area contributed by atoms with E-state index in [0.29, 0.717) is 17.9 Å². The molecule has 0 aromatic heterocycles. The lowest BCUT2D eigenvalue weighted by atomic mass is 10.2. The molecule has 1 N–H and O–H groups in total. The van der Waals surface area contributed by atoms with Crippen LogP contribution in [0, 0.1) is 0 Å². The van der Waals surface area contributed by atoms with Crippen molar-refractivity contribution in [2.24, 2.45) is 0 Å². The summed E-state index contributed by atoms with van der Waals surface area (Å²) in [5.41, 5.74) is 0.338. The van der Waals surface area contributed by atoms with Crippen molar-refractivity contribution in [2.75, 3.05) is 26.4 Å². The van der Waals surface area contributed by atoms with Crippen LogP contribution < -0.4 is 10.1 Å². The number of alkyl halides is 3. The van der Waals surface area contributed by atoms with Crippen molar-refractivity contribution in [3.8, 4) is 5.75 Å². The number of nitrogens with one attached hydrogen (secondary N) is 1. The average Bonchev–Trinajstić information content (AvgIpc) is 2.38. The number of halogens is 3. The zero-order valence-corrected chi connectivity index (χ0v) is 11.0. The number of para-hydroxylation sites is 1. The molecule has 0 heterocycles. The standard InChI is InChI=1S/C13H16F3NO3/c1-2-20-11-6-4-3-5-10(11)12(18)17-7-8-19-9-13(14,15)16/h3-6H,2,7-9H2,1H3,(H,17,18). The van der Waals surface area contributed by atoms with Gasteiger partial charge in [0.2, 0.25) is 0 Å². The molecule has 1 rings (SSSR count). The molecular formula is C13H16F3NO3. The highest BCUT2D eigenvalue weighted by Gasteiger charge is 2.27. The van der Waals surface area contributed by atoms with Gasteiger partial charge >= 0.3 is 6.18 Å². The predicted molar refractivity (Wildman–Crippen MR) is 66.8 cm³/mol. The third-order valence-electron chi connectivity index (χ3n) is 2.23. The van der Waals surface area contributed by atoms with Crippen LogP contribution in [0.5, 0.6) is 5.75 Å². The Morgan fingerprint density at radius 2 is 2.00 bits per heavy atom. The van der Waals surface area contributed by atoms with Gasteiger partial charge in [0.1, 0.15) is 12.4 Å². The molecular weight excluding hydrogens is 275 g/mol. The summed E-state index contributed by atoms with van der Waals surface area (Å²) >= 11 is 0. The second-order valence-corrected chi connectivity index (χ2v) is 3.85. The van der Waals surface area contributed by atoms with Gasteiger partial charge in [0, 0.05) is 6.54 Å². The van der Waals surface area contributed by atoms with Crippen LogP contribution in [0.15, 0.2) is 24.3 Å². The van der Waals surface area contributed by atoms with Crippen molar-refractivity contribution in [1.29, 1.82) is 0 Å². The van der Waals surface area contributed by atoms with Crippen LogP contribution in [0.4, 0.5) is 13.2 Å². The van der Waals surface area contributed by atoms with E-state index in [1.807, 2.05) is 0 Å². The summed E-state index contributed by atoms with van der Waals surface area (Å²) in [6.45, 7) is 0.675. The van der Waals surface area contributed by atoms with E-state index in [0.717, 1.165) is 0 Å². The Labute approximate surface area is 114 Å². The molecule has 7 heteroatoms. The summed E-state index contributed by atoms with van der Waals surface area (Å²) in [5.74, 6) is 0.0216. The van der Waals surface area contributed by atoms with Crippen molar-refractivity contribution in [3.63, 3.8) is 0 Å². The van der Waals surface area contributed by atoms with E-state index in [4.69, 9.17) is 4.74 Å². The van der Waals surface area contributed by atoms with Gasteiger partial charge < -0.3 is 14.8 Å². The fourth-order valence-corrected chi connectivity index (χ4v) is 1.46. The van der Waals surface area contributed by atoms with E-state index >= 15 is 0 Å². The highest BCUT2D eigenvalue weighted by atomic mass is 19.4. The minimum atomic E-state index is -4.36. The lowest BCUT2D eigenvalue weighted by Crippen LogP contribution is -2.29. The largest absolute Gasteiger partial charge is 0.493 e. The predicted octanol–water partition coefficient (Wildman–Crippen LogP) is 2.39. The Morgan fingerprint density at radius 1 is 1.30 bits per heavy atom. The van der Waals surface area contributed by atoms with Gasteiger partial charge in [-0.15, -0.1) is 0 Å². The molecule has 1 aromatic rings. The van der Waals surface area contributed by atoms with Gasteiger partial charge in [-0.1, -0.05) is 12.1 Å². The fraction of sp³-hybridized carbons (Fsp3) is 0.462. The first-order chi connectivity index (χ1) is 9.44. The second-order valence-electron chi connectivity index (χ2n) is 3.85. The number of carbonyl (C=O) groups is 1. The summed E-state index contributed by atoms with van der Waals surface area (Å²) in [7, 11) is 0. The summed E-state index contributed by atoms with van der Waals surface area (Å²) in [6, 6.07) is 6.64. The Hall–Kier alpha value is -1.76. The molecule has 0 spiro atoms. The Balaban J connectivity index is 2.40. The summed E-state index contributed by atoms with van der Waals surface area (Å²) in [6.07, 6.45) is -4.36. The Bertz CT molecular complexity index is 435. The molecule has 0 fully saturated rings. The van der Waals surface area contributed by atoms with Gasteiger partial charge in [0.05, 0.1) is 18.8 Å². The average molecular weight is 291 g/mol. The van der Waals surface area contributed by atoms with Crippen molar-refractivity contribution in [1.82, 2.24) is 5.32 Å². The number of rotatable bonds is 7. The van der Waals surface area contributed by atoms with E-state index < -0.39 is 18.7 Å². The molecule has 1 amide bonds. The van der Waals surface area contributed by atoms with Gasteiger partial charge in [-0.25, -0.2) is 0 Å². The van der Waals surface area contributed by atoms with Crippen LogP contribution in [-0.2, 0) is 4.74 Å². The number of carbonyl (C=O) groups excluding carboxylic acids is 1. The molecule has 0 saturated carbocycles. The number of benzene rings is 1. The molecule has 1 aromatic carbocycles. The third-order valence-corrected chi connectivity index (χ3v) is 2.23. The molecule has 0 radical (unpaired) electrons. The molecule has 0 bridgehead atoms. The minimum Gasteiger partial charge on any atom is -0.493 e. The molecule has 0 aliphatic heterocycles. The zero-order valence-electron chi connectivity index (χ0n) is 11.0. The molecule has 112 valence electrons. The van der Waals surface area contributed by atoms with Crippen LogP contribution in [0.25, 0.3) is 0 Å². The Morgan fingerprint density at radius 3 is 2.65 bits per heavy atom. The molecule has 20 heavy (non-hydrogen) atoms. The maximum absolute atomic E-state index is 11.8.